The molecule has 246 valence electrons. The first-order chi connectivity index (χ1) is 22.8. The standard InChI is InChI=1S/C35H32F3N7O2S/c1-21-12-14-26(27(46)16-21)32-42-41-30-15-13-25(20-44(30)32)48-28-11-6-5-8-22(28)19-39-33(47)40-31-18-29(34(2,3)4)43-45(31)24-10-7-9-23(17-24)35(36,37)38/h5-18,20,46H,19H2,1-4H3,(H2,39,40,47). The van der Waals surface area contributed by atoms with Gasteiger partial charge in [-0.15, -0.1) is 10.2 Å². The van der Waals surface area contributed by atoms with Crippen LogP contribution in [0.5, 0.6) is 5.75 Å². The summed E-state index contributed by atoms with van der Waals surface area (Å²) in [5.74, 6) is 0.859. The molecule has 48 heavy (non-hydrogen) atoms. The molecule has 0 spiro atoms. The number of pyridine rings is 1. The van der Waals surface area contributed by atoms with Gasteiger partial charge in [0.1, 0.15) is 11.6 Å². The number of amides is 2. The quantitative estimate of drug-likeness (QED) is 0.157. The maximum Gasteiger partial charge on any atom is 0.416 e. The second kappa shape index (κ2) is 12.7. The van der Waals surface area contributed by atoms with E-state index in [1.807, 2.05) is 86.8 Å². The summed E-state index contributed by atoms with van der Waals surface area (Å²) < 4.78 is 43.5. The number of phenolic OH excluding ortho intramolecular Hbond substituents is 1. The molecule has 0 aliphatic heterocycles. The number of halogens is 3. The van der Waals surface area contributed by atoms with Crippen LogP contribution in [0.1, 0.15) is 43.2 Å². The van der Waals surface area contributed by atoms with Crippen LogP contribution >= 0.6 is 11.8 Å². The van der Waals surface area contributed by atoms with Gasteiger partial charge in [-0.3, -0.25) is 9.72 Å². The Labute approximate surface area is 278 Å². The Kier molecular flexibility index (Phi) is 8.65. The molecule has 0 radical (unpaired) electrons. The molecule has 2 amide bonds. The molecule has 0 unspecified atom stereocenters. The number of nitrogens with zero attached hydrogens (tertiary/aromatic N) is 5. The van der Waals surface area contributed by atoms with Crippen LogP contribution < -0.4 is 10.6 Å². The van der Waals surface area contributed by atoms with Crippen LogP contribution in [0.25, 0.3) is 22.7 Å². The van der Waals surface area contributed by atoms with Crippen molar-refractivity contribution in [1.29, 1.82) is 0 Å². The molecule has 6 rings (SSSR count). The number of carbonyl (C=O) groups is 1. The topological polar surface area (TPSA) is 109 Å². The van der Waals surface area contributed by atoms with E-state index in [2.05, 4.69) is 25.9 Å². The molecule has 13 heteroatoms. The van der Waals surface area contributed by atoms with Crippen LogP contribution in [0.4, 0.5) is 23.8 Å². The number of aromatic hydroxyl groups is 1. The zero-order valence-electron chi connectivity index (χ0n) is 26.5. The summed E-state index contributed by atoms with van der Waals surface area (Å²) >= 11 is 1.49. The van der Waals surface area contributed by atoms with Gasteiger partial charge in [0, 0.05) is 34.0 Å². The summed E-state index contributed by atoms with van der Waals surface area (Å²) in [6.45, 7) is 7.86. The Morgan fingerprint density at radius 3 is 2.48 bits per heavy atom. The predicted molar refractivity (Wildman–Crippen MR) is 179 cm³/mol. The smallest absolute Gasteiger partial charge is 0.416 e. The fourth-order valence-corrected chi connectivity index (χ4v) is 5.97. The Morgan fingerprint density at radius 2 is 1.73 bits per heavy atom. The maximum atomic E-state index is 13.5. The van der Waals surface area contributed by atoms with Gasteiger partial charge in [0.05, 0.1) is 22.5 Å². The Balaban J connectivity index is 1.21. The molecule has 0 aliphatic carbocycles. The molecule has 0 saturated heterocycles. The number of anilines is 1. The second-order valence-corrected chi connectivity index (χ2v) is 13.4. The van der Waals surface area contributed by atoms with Crippen LogP contribution in [-0.4, -0.2) is 35.5 Å². The molecule has 6 aromatic rings. The lowest BCUT2D eigenvalue weighted by Crippen LogP contribution is -2.29. The van der Waals surface area contributed by atoms with E-state index in [4.69, 9.17) is 0 Å². The summed E-state index contributed by atoms with van der Waals surface area (Å²) in [7, 11) is 0. The number of benzene rings is 3. The highest BCUT2D eigenvalue weighted by molar-refractivity contribution is 7.99. The lowest BCUT2D eigenvalue weighted by Gasteiger charge is -2.14. The number of aromatic nitrogens is 5. The van der Waals surface area contributed by atoms with E-state index < -0.39 is 23.2 Å². The average Bonchev–Trinajstić information content (AvgIpc) is 3.65. The molecule has 0 aliphatic rings. The van der Waals surface area contributed by atoms with Crippen molar-refractivity contribution in [2.24, 2.45) is 0 Å². The van der Waals surface area contributed by atoms with E-state index in [9.17, 15) is 23.1 Å². The molecule has 0 atom stereocenters. The van der Waals surface area contributed by atoms with Crippen molar-refractivity contribution < 1.29 is 23.1 Å². The van der Waals surface area contributed by atoms with Gasteiger partial charge in [-0.2, -0.15) is 18.3 Å². The second-order valence-electron chi connectivity index (χ2n) is 12.3. The SMILES string of the molecule is Cc1ccc(-c2nnc3ccc(Sc4ccccc4CNC(=O)Nc4cc(C(C)(C)C)nn4-c4cccc(C(F)(F)F)c4)cn23)c(O)c1. The Morgan fingerprint density at radius 1 is 0.938 bits per heavy atom. The summed E-state index contributed by atoms with van der Waals surface area (Å²) in [4.78, 5) is 15.0. The number of carbonyl (C=O) groups excluding carboxylic acids is 1. The first-order valence-corrected chi connectivity index (χ1v) is 15.8. The van der Waals surface area contributed by atoms with Crippen molar-refractivity contribution >= 4 is 29.3 Å². The molecular formula is C35H32F3N7O2S. The van der Waals surface area contributed by atoms with Crippen molar-refractivity contribution in [2.45, 2.75) is 55.6 Å². The van der Waals surface area contributed by atoms with E-state index in [1.165, 1.54) is 28.6 Å². The molecule has 0 bridgehead atoms. The number of nitrogens with one attached hydrogen (secondary N) is 2. The van der Waals surface area contributed by atoms with E-state index in [0.717, 1.165) is 33.1 Å². The largest absolute Gasteiger partial charge is 0.507 e. The third-order valence-electron chi connectivity index (χ3n) is 7.55. The molecule has 3 N–H and O–H groups in total. The van der Waals surface area contributed by atoms with Crippen molar-refractivity contribution in [2.75, 3.05) is 5.32 Å². The van der Waals surface area contributed by atoms with Gasteiger partial charge < -0.3 is 10.4 Å². The zero-order valence-corrected chi connectivity index (χ0v) is 27.3. The Hall–Kier alpha value is -5.30. The Bertz CT molecular complexity index is 2130. The third-order valence-corrected chi connectivity index (χ3v) is 8.64. The van der Waals surface area contributed by atoms with Crippen molar-refractivity contribution in [1.82, 2.24) is 29.7 Å². The maximum absolute atomic E-state index is 13.5. The van der Waals surface area contributed by atoms with Gasteiger partial charge in [0.25, 0.3) is 0 Å². The fourth-order valence-electron chi connectivity index (χ4n) is 5.01. The van der Waals surface area contributed by atoms with Crippen LogP contribution in [0.3, 0.4) is 0 Å². The highest BCUT2D eigenvalue weighted by Crippen LogP contribution is 2.34. The summed E-state index contributed by atoms with van der Waals surface area (Å²) in [6, 6.07) is 22.7. The van der Waals surface area contributed by atoms with Gasteiger partial charge in [-0.25, -0.2) is 9.48 Å². The fraction of sp³-hybridized carbons (Fsp3) is 0.200. The van der Waals surface area contributed by atoms with Crippen LogP contribution in [-0.2, 0) is 18.1 Å². The number of hydrogen-bond donors (Lipinski definition) is 3. The molecule has 0 saturated carbocycles. The molecular weight excluding hydrogens is 639 g/mol. The van der Waals surface area contributed by atoms with Gasteiger partial charge in [-0.05, 0) is 66.6 Å². The minimum Gasteiger partial charge on any atom is -0.507 e. The number of urea groups is 1. The predicted octanol–water partition coefficient (Wildman–Crippen LogP) is 8.39. The van der Waals surface area contributed by atoms with Gasteiger partial charge in [0.15, 0.2) is 11.5 Å². The summed E-state index contributed by atoms with van der Waals surface area (Å²) in [5.41, 5.74) is 2.49. The highest BCUT2D eigenvalue weighted by atomic mass is 32.2. The van der Waals surface area contributed by atoms with E-state index in [1.54, 1.807) is 12.1 Å². The number of rotatable bonds is 7. The first kappa shape index (κ1) is 32.6. The summed E-state index contributed by atoms with van der Waals surface area (Å²) in [5, 5.41) is 29.3. The average molecular weight is 672 g/mol. The van der Waals surface area contributed by atoms with Crippen LogP contribution in [0.15, 0.2) is 101 Å². The van der Waals surface area contributed by atoms with Gasteiger partial charge >= 0.3 is 12.2 Å². The third kappa shape index (κ3) is 7.00. The van der Waals surface area contributed by atoms with Crippen LogP contribution in [0, 0.1) is 6.92 Å². The monoisotopic (exact) mass is 671 g/mol. The molecule has 0 fully saturated rings. The number of alkyl halides is 3. The minimum atomic E-state index is -4.53. The number of phenols is 1. The van der Waals surface area contributed by atoms with Crippen LogP contribution in [0.2, 0.25) is 0 Å². The molecule has 3 aromatic carbocycles. The number of hydrogen-bond acceptors (Lipinski definition) is 6. The van der Waals surface area contributed by atoms with Gasteiger partial charge in [0.2, 0.25) is 0 Å². The number of aryl methyl sites for hydroxylation is 1. The van der Waals surface area contributed by atoms with Crippen molar-refractivity contribution in [3.8, 4) is 22.8 Å². The molecule has 3 heterocycles. The zero-order chi connectivity index (χ0) is 34.2. The van der Waals surface area contributed by atoms with Crippen molar-refractivity contribution in [3.63, 3.8) is 0 Å². The highest BCUT2D eigenvalue weighted by Gasteiger charge is 2.31. The van der Waals surface area contributed by atoms with E-state index in [0.29, 0.717) is 22.7 Å². The lowest BCUT2D eigenvalue weighted by atomic mass is 9.92. The van der Waals surface area contributed by atoms with Gasteiger partial charge in [-0.1, -0.05) is 62.9 Å². The van der Waals surface area contributed by atoms with E-state index in [-0.39, 0.29) is 23.8 Å². The number of fused-ring (bicyclic) bond motifs is 1. The minimum absolute atomic E-state index is 0.115. The van der Waals surface area contributed by atoms with Crippen molar-refractivity contribution in [3.05, 3.63) is 114 Å². The lowest BCUT2D eigenvalue weighted by molar-refractivity contribution is -0.137. The molecule has 9 nitrogen and oxygen atoms in total. The molecule has 3 aromatic heterocycles. The normalized spacial score (nSPS) is 12.0. The first-order valence-electron chi connectivity index (χ1n) is 15.0. The summed E-state index contributed by atoms with van der Waals surface area (Å²) in [6.07, 6.45) is -2.63. The van der Waals surface area contributed by atoms with E-state index >= 15 is 0 Å².